The summed E-state index contributed by atoms with van der Waals surface area (Å²) in [6.45, 7) is 6.96. The van der Waals surface area contributed by atoms with Gasteiger partial charge < -0.3 is 16.0 Å². The van der Waals surface area contributed by atoms with Crippen molar-refractivity contribution in [1.82, 2.24) is 16.0 Å². The average Bonchev–Trinajstić information content (AvgIpc) is 2.43. The van der Waals surface area contributed by atoms with Crippen molar-refractivity contribution in [3.63, 3.8) is 0 Å². The normalized spacial score (nSPS) is 12.3. The lowest BCUT2D eigenvalue weighted by atomic mass is 10.0. The molecule has 0 aromatic heterocycles. The van der Waals surface area contributed by atoms with Gasteiger partial charge in [0.05, 0.1) is 6.54 Å². The van der Waals surface area contributed by atoms with Crippen molar-refractivity contribution in [2.75, 3.05) is 13.1 Å². The highest BCUT2D eigenvalue weighted by Crippen LogP contribution is 2.15. The number of carbonyl (C=O) groups is 1. The standard InChI is InChI=1S/C16H23N3O/c1-5-11-17-15(20)18-12-16(3,4)19-13(2)14-9-7-6-8-10-14/h1,6-10,13,19H,11-12H2,2-4H3,(H2,17,18,20). The Labute approximate surface area is 121 Å². The van der Waals surface area contributed by atoms with E-state index in [1.807, 2.05) is 32.0 Å². The second kappa shape index (κ2) is 7.56. The average molecular weight is 273 g/mol. The van der Waals surface area contributed by atoms with E-state index < -0.39 is 0 Å². The molecule has 3 N–H and O–H groups in total. The summed E-state index contributed by atoms with van der Waals surface area (Å²) >= 11 is 0. The lowest BCUT2D eigenvalue weighted by molar-refractivity contribution is 0.236. The molecule has 1 aromatic carbocycles. The molecule has 0 heterocycles. The monoisotopic (exact) mass is 273 g/mol. The Morgan fingerprint density at radius 3 is 2.55 bits per heavy atom. The maximum Gasteiger partial charge on any atom is 0.315 e. The van der Waals surface area contributed by atoms with E-state index in [9.17, 15) is 4.79 Å². The molecule has 0 fully saturated rings. The first-order chi connectivity index (χ1) is 9.44. The molecular weight excluding hydrogens is 250 g/mol. The molecule has 2 amide bonds. The van der Waals surface area contributed by atoms with Crippen LogP contribution in [0.4, 0.5) is 4.79 Å². The van der Waals surface area contributed by atoms with Gasteiger partial charge in [0.15, 0.2) is 0 Å². The van der Waals surface area contributed by atoms with Crippen molar-refractivity contribution < 1.29 is 4.79 Å². The van der Waals surface area contributed by atoms with Crippen LogP contribution >= 0.6 is 0 Å². The van der Waals surface area contributed by atoms with E-state index in [1.54, 1.807) is 0 Å². The van der Waals surface area contributed by atoms with E-state index in [4.69, 9.17) is 6.42 Å². The van der Waals surface area contributed by atoms with Gasteiger partial charge in [0.2, 0.25) is 0 Å². The zero-order valence-electron chi connectivity index (χ0n) is 12.4. The van der Waals surface area contributed by atoms with Crippen LogP contribution in [-0.2, 0) is 0 Å². The third-order valence-electron chi connectivity index (χ3n) is 2.95. The molecule has 4 nitrogen and oxygen atoms in total. The van der Waals surface area contributed by atoms with E-state index in [2.05, 4.69) is 40.9 Å². The van der Waals surface area contributed by atoms with Crippen LogP contribution in [-0.4, -0.2) is 24.7 Å². The molecule has 4 heteroatoms. The number of amides is 2. The van der Waals surface area contributed by atoms with Gasteiger partial charge in [-0.05, 0) is 26.3 Å². The second-order valence-corrected chi connectivity index (χ2v) is 5.40. The van der Waals surface area contributed by atoms with Gasteiger partial charge in [0.25, 0.3) is 0 Å². The van der Waals surface area contributed by atoms with Crippen molar-refractivity contribution in [3.8, 4) is 12.3 Å². The van der Waals surface area contributed by atoms with Gasteiger partial charge >= 0.3 is 6.03 Å². The first kappa shape index (κ1) is 16.1. The molecule has 20 heavy (non-hydrogen) atoms. The minimum Gasteiger partial charge on any atom is -0.336 e. The molecule has 1 atom stereocenters. The first-order valence-corrected chi connectivity index (χ1v) is 6.72. The van der Waals surface area contributed by atoms with Crippen LogP contribution in [0, 0.1) is 12.3 Å². The number of urea groups is 1. The number of hydrogen-bond acceptors (Lipinski definition) is 2. The summed E-state index contributed by atoms with van der Waals surface area (Å²) < 4.78 is 0. The Kier molecular flexibility index (Phi) is 6.08. The second-order valence-electron chi connectivity index (χ2n) is 5.40. The number of terminal acetylenes is 1. The van der Waals surface area contributed by atoms with Crippen molar-refractivity contribution in [2.45, 2.75) is 32.4 Å². The lowest BCUT2D eigenvalue weighted by Gasteiger charge is -2.30. The largest absolute Gasteiger partial charge is 0.336 e. The van der Waals surface area contributed by atoms with Gasteiger partial charge in [0.1, 0.15) is 0 Å². The van der Waals surface area contributed by atoms with Crippen LogP contribution < -0.4 is 16.0 Å². The maximum absolute atomic E-state index is 11.5. The third kappa shape index (κ3) is 5.77. The minimum absolute atomic E-state index is 0.210. The molecule has 0 spiro atoms. The number of hydrogen-bond donors (Lipinski definition) is 3. The maximum atomic E-state index is 11.5. The summed E-state index contributed by atoms with van der Waals surface area (Å²) in [4.78, 5) is 11.5. The predicted molar refractivity (Wildman–Crippen MR) is 82.3 cm³/mol. The SMILES string of the molecule is C#CCNC(=O)NCC(C)(C)NC(C)c1ccccc1. The fourth-order valence-corrected chi connectivity index (χ4v) is 1.96. The highest BCUT2D eigenvalue weighted by Gasteiger charge is 2.21. The number of benzene rings is 1. The quantitative estimate of drug-likeness (QED) is 0.695. The van der Waals surface area contributed by atoms with E-state index in [1.165, 1.54) is 5.56 Å². The van der Waals surface area contributed by atoms with Gasteiger partial charge in [-0.2, -0.15) is 0 Å². The lowest BCUT2D eigenvalue weighted by Crippen LogP contribution is -2.51. The molecule has 0 aliphatic carbocycles. The highest BCUT2D eigenvalue weighted by atomic mass is 16.2. The topological polar surface area (TPSA) is 53.2 Å². The van der Waals surface area contributed by atoms with Crippen molar-refractivity contribution in [3.05, 3.63) is 35.9 Å². The predicted octanol–water partition coefficient (Wildman–Crippen LogP) is 2.05. The fraction of sp³-hybridized carbons (Fsp3) is 0.438. The molecule has 108 valence electrons. The first-order valence-electron chi connectivity index (χ1n) is 6.72. The molecule has 1 aromatic rings. The van der Waals surface area contributed by atoms with Gasteiger partial charge in [-0.3, -0.25) is 0 Å². The Morgan fingerprint density at radius 2 is 1.95 bits per heavy atom. The molecule has 0 radical (unpaired) electrons. The van der Waals surface area contributed by atoms with Crippen molar-refractivity contribution >= 4 is 6.03 Å². The van der Waals surface area contributed by atoms with E-state index >= 15 is 0 Å². The number of nitrogens with one attached hydrogen (secondary N) is 3. The van der Waals surface area contributed by atoms with Crippen LogP contribution in [0.5, 0.6) is 0 Å². The Balaban J connectivity index is 2.45. The van der Waals surface area contributed by atoms with Crippen LogP contribution in [0.3, 0.4) is 0 Å². The Hall–Kier alpha value is -1.99. The summed E-state index contributed by atoms with van der Waals surface area (Å²) in [6.07, 6.45) is 5.08. The highest BCUT2D eigenvalue weighted by molar-refractivity contribution is 5.74. The van der Waals surface area contributed by atoms with Crippen molar-refractivity contribution in [2.24, 2.45) is 0 Å². The Morgan fingerprint density at radius 1 is 1.30 bits per heavy atom. The molecular formula is C16H23N3O. The van der Waals surface area contributed by atoms with Gasteiger partial charge in [0, 0.05) is 18.1 Å². The van der Waals surface area contributed by atoms with Crippen LogP contribution in [0.1, 0.15) is 32.4 Å². The molecule has 0 aliphatic rings. The number of carbonyl (C=O) groups excluding carboxylic acids is 1. The summed E-state index contributed by atoms with van der Waals surface area (Å²) in [5, 5.41) is 8.88. The molecule has 0 saturated heterocycles. The van der Waals surface area contributed by atoms with Gasteiger partial charge in [-0.25, -0.2) is 4.79 Å². The Bertz CT molecular complexity index is 462. The fourth-order valence-electron chi connectivity index (χ4n) is 1.96. The third-order valence-corrected chi connectivity index (χ3v) is 2.95. The zero-order chi connectivity index (χ0) is 15.0. The van der Waals surface area contributed by atoms with E-state index in [0.29, 0.717) is 6.54 Å². The van der Waals surface area contributed by atoms with Crippen LogP contribution in [0.2, 0.25) is 0 Å². The molecule has 0 aliphatic heterocycles. The summed E-state index contributed by atoms with van der Waals surface area (Å²) in [5.41, 5.74) is 1.00. The molecule has 0 saturated carbocycles. The zero-order valence-corrected chi connectivity index (χ0v) is 12.4. The molecule has 1 rings (SSSR count). The summed E-state index contributed by atoms with van der Waals surface area (Å²) in [7, 11) is 0. The molecule has 1 unspecified atom stereocenters. The van der Waals surface area contributed by atoms with Crippen LogP contribution in [0.25, 0.3) is 0 Å². The van der Waals surface area contributed by atoms with E-state index in [0.717, 1.165) is 0 Å². The molecule has 0 bridgehead atoms. The van der Waals surface area contributed by atoms with Crippen molar-refractivity contribution in [1.29, 1.82) is 0 Å². The smallest absolute Gasteiger partial charge is 0.315 e. The summed E-state index contributed by atoms with van der Waals surface area (Å²) in [6, 6.07) is 10.2. The van der Waals surface area contributed by atoms with Gasteiger partial charge in [-0.1, -0.05) is 36.3 Å². The van der Waals surface area contributed by atoms with Crippen LogP contribution in [0.15, 0.2) is 30.3 Å². The van der Waals surface area contributed by atoms with Gasteiger partial charge in [-0.15, -0.1) is 6.42 Å². The number of rotatable bonds is 6. The minimum atomic E-state index is -0.245. The summed E-state index contributed by atoms with van der Waals surface area (Å²) in [5.74, 6) is 2.36. The van der Waals surface area contributed by atoms with E-state index in [-0.39, 0.29) is 24.2 Å².